The van der Waals surface area contributed by atoms with E-state index >= 15 is 0 Å². The molecule has 0 bridgehead atoms. The molecule has 4 heteroatoms. The van der Waals surface area contributed by atoms with Gasteiger partial charge in [0.15, 0.2) is 11.4 Å². The van der Waals surface area contributed by atoms with Gasteiger partial charge in [-0.05, 0) is 82.8 Å². The van der Waals surface area contributed by atoms with Crippen LogP contribution in [0, 0.1) is 23.7 Å². The SMILES string of the molecule is CC1=CC2CC(C)(CCCc3ccoc3)OC3=C(C)C(=O)OC32C2C(C)CCC12. The highest BCUT2D eigenvalue weighted by Crippen LogP contribution is 2.63. The zero-order valence-corrected chi connectivity index (χ0v) is 18.0. The standard InChI is InChI=1S/C25H32O4/c1-15-7-8-20-16(2)12-19-13-24(4,10-5-6-18-9-11-27-14-18)28-22-17(3)23(26)29-25(19,22)21(15)20/h9,11-12,14-15,19-21H,5-8,10,13H2,1-4H3. The minimum absolute atomic E-state index is 0.182. The maximum absolute atomic E-state index is 12.8. The second-order valence-electron chi connectivity index (χ2n) is 10.1. The van der Waals surface area contributed by atoms with Gasteiger partial charge in [-0.25, -0.2) is 4.79 Å². The first-order valence-corrected chi connectivity index (χ1v) is 11.2. The summed E-state index contributed by atoms with van der Waals surface area (Å²) in [5, 5.41) is 0. The van der Waals surface area contributed by atoms with E-state index in [9.17, 15) is 4.79 Å². The molecular formula is C25H32O4. The van der Waals surface area contributed by atoms with E-state index in [0.717, 1.165) is 31.4 Å². The Balaban J connectivity index is 1.48. The molecule has 6 atom stereocenters. The average molecular weight is 397 g/mol. The van der Waals surface area contributed by atoms with Crippen LogP contribution in [-0.4, -0.2) is 17.2 Å². The lowest BCUT2D eigenvalue weighted by Crippen LogP contribution is -2.59. The summed E-state index contributed by atoms with van der Waals surface area (Å²) in [6.07, 6.45) is 12.2. The van der Waals surface area contributed by atoms with Crippen LogP contribution in [0.4, 0.5) is 0 Å². The first kappa shape index (κ1) is 19.0. The molecule has 0 aromatic carbocycles. The number of rotatable bonds is 4. The molecule has 29 heavy (non-hydrogen) atoms. The predicted molar refractivity (Wildman–Crippen MR) is 110 cm³/mol. The van der Waals surface area contributed by atoms with Crippen molar-refractivity contribution in [3.05, 3.63) is 47.1 Å². The number of esters is 1. The fourth-order valence-electron chi connectivity index (χ4n) is 6.74. The van der Waals surface area contributed by atoms with E-state index in [2.05, 4.69) is 26.8 Å². The molecule has 0 N–H and O–H groups in total. The van der Waals surface area contributed by atoms with Crippen molar-refractivity contribution in [2.24, 2.45) is 23.7 Å². The van der Waals surface area contributed by atoms with Crippen molar-refractivity contribution in [1.29, 1.82) is 0 Å². The Bertz CT molecular complexity index is 879. The van der Waals surface area contributed by atoms with Gasteiger partial charge in [-0.1, -0.05) is 18.6 Å². The third-order valence-electron chi connectivity index (χ3n) is 8.09. The molecule has 2 aliphatic heterocycles. The van der Waals surface area contributed by atoms with Gasteiger partial charge in [0.05, 0.1) is 18.1 Å². The van der Waals surface area contributed by atoms with E-state index in [1.165, 1.54) is 24.0 Å². The highest BCUT2D eigenvalue weighted by atomic mass is 16.6. The predicted octanol–water partition coefficient (Wildman–Crippen LogP) is 5.59. The van der Waals surface area contributed by atoms with Gasteiger partial charge in [0.25, 0.3) is 0 Å². The average Bonchev–Trinajstić information content (AvgIpc) is 3.37. The summed E-state index contributed by atoms with van der Waals surface area (Å²) in [6, 6.07) is 2.03. The van der Waals surface area contributed by atoms with Crippen molar-refractivity contribution in [2.75, 3.05) is 0 Å². The molecule has 0 amide bonds. The molecule has 1 saturated carbocycles. The van der Waals surface area contributed by atoms with Crippen LogP contribution < -0.4 is 0 Å². The molecule has 1 spiro atoms. The van der Waals surface area contributed by atoms with E-state index in [4.69, 9.17) is 13.9 Å². The molecule has 4 nitrogen and oxygen atoms in total. The maximum atomic E-state index is 12.8. The minimum atomic E-state index is -0.578. The quantitative estimate of drug-likeness (QED) is 0.492. The van der Waals surface area contributed by atoms with E-state index in [1.54, 1.807) is 6.26 Å². The fraction of sp³-hybridized carbons (Fsp3) is 0.640. The Morgan fingerprint density at radius 1 is 1.21 bits per heavy atom. The Labute approximate surface area is 173 Å². The Kier molecular flexibility index (Phi) is 4.27. The van der Waals surface area contributed by atoms with Crippen LogP contribution in [0.15, 0.2) is 46.0 Å². The summed E-state index contributed by atoms with van der Waals surface area (Å²) < 4.78 is 18.2. The van der Waals surface area contributed by atoms with Crippen LogP contribution in [0.5, 0.6) is 0 Å². The molecule has 1 aromatic heterocycles. The molecule has 1 saturated heterocycles. The van der Waals surface area contributed by atoms with E-state index in [-0.39, 0.29) is 17.5 Å². The van der Waals surface area contributed by atoms with Gasteiger partial charge >= 0.3 is 5.97 Å². The molecule has 4 aliphatic rings. The van der Waals surface area contributed by atoms with E-state index in [0.29, 0.717) is 23.3 Å². The zero-order valence-electron chi connectivity index (χ0n) is 18.0. The van der Waals surface area contributed by atoms with E-state index < -0.39 is 5.60 Å². The number of hydrogen-bond donors (Lipinski definition) is 0. The van der Waals surface area contributed by atoms with Gasteiger partial charge in [0.2, 0.25) is 0 Å². The van der Waals surface area contributed by atoms with Crippen LogP contribution in [0.1, 0.15) is 65.4 Å². The van der Waals surface area contributed by atoms with Gasteiger partial charge in [0, 0.05) is 11.8 Å². The topological polar surface area (TPSA) is 48.7 Å². The third-order valence-corrected chi connectivity index (χ3v) is 8.09. The van der Waals surface area contributed by atoms with Crippen LogP contribution in [-0.2, 0) is 20.7 Å². The molecular weight excluding hydrogens is 364 g/mol. The van der Waals surface area contributed by atoms with Crippen molar-refractivity contribution in [3.8, 4) is 0 Å². The molecule has 6 unspecified atom stereocenters. The summed E-state index contributed by atoms with van der Waals surface area (Å²) in [6.45, 7) is 8.71. The second-order valence-corrected chi connectivity index (χ2v) is 10.1. The lowest BCUT2D eigenvalue weighted by molar-refractivity contribution is -0.190. The second kappa shape index (κ2) is 6.52. The number of furan rings is 1. The smallest absolute Gasteiger partial charge is 0.338 e. The van der Waals surface area contributed by atoms with Crippen LogP contribution in [0.3, 0.4) is 0 Å². The van der Waals surface area contributed by atoms with E-state index in [1.807, 2.05) is 19.3 Å². The molecule has 0 radical (unpaired) electrons. The molecule has 156 valence electrons. The maximum Gasteiger partial charge on any atom is 0.338 e. The molecule has 2 aliphatic carbocycles. The van der Waals surface area contributed by atoms with Gasteiger partial charge < -0.3 is 13.9 Å². The highest BCUT2D eigenvalue weighted by molar-refractivity contribution is 5.92. The Morgan fingerprint density at radius 2 is 2.03 bits per heavy atom. The Morgan fingerprint density at radius 3 is 2.79 bits per heavy atom. The normalized spacial score (nSPS) is 40.7. The van der Waals surface area contributed by atoms with Crippen molar-refractivity contribution < 1.29 is 18.7 Å². The number of carbonyl (C=O) groups excluding carboxylic acids is 1. The number of ether oxygens (including phenoxy) is 2. The van der Waals surface area contributed by atoms with Gasteiger partial charge in [-0.2, -0.15) is 0 Å². The lowest BCUT2D eigenvalue weighted by atomic mass is 9.59. The van der Waals surface area contributed by atoms with Crippen molar-refractivity contribution in [2.45, 2.75) is 77.4 Å². The minimum Gasteiger partial charge on any atom is -0.487 e. The van der Waals surface area contributed by atoms with Crippen molar-refractivity contribution >= 4 is 5.97 Å². The lowest BCUT2D eigenvalue weighted by Gasteiger charge is -2.55. The zero-order chi connectivity index (χ0) is 20.4. The molecule has 2 fully saturated rings. The number of aryl methyl sites for hydroxylation is 1. The first-order chi connectivity index (χ1) is 13.8. The fourth-order valence-corrected chi connectivity index (χ4v) is 6.74. The number of carbonyl (C=O) groups is 1. The Hall–Kier alpha value is -1.97. The molecule has 3 heterocycles. The van der Waals surface area contributed by atoms with Crippen molar-refractivity contribution in [3.63, 3.8) is 0 Å². The molecule has 5 rings (SSSR count). The van der Waals surface area contributed by atoms with Crippen molar-refractivity contribution in [1.82, 2.24) is 0 Å². The highest BCUT2D eigenvalue weighted by Gasteiger charge is 2.67. The molecule has 1 aromatic rings. The largest absolute Gasteiger partial charge is 0.487 e. The van der Waals surface area contributed by atoms with Crippen LogP contribution >= 0.6 is 0 Å². The van der Waals surface area contributed by atoms with Crippen LogP contribution in [0.2, 0.25) is 0 Å². The van der Waals surface area contributed by atoms with Gasteiger partial charge in [-0.15, -0.1) is 0 Å². The number of hydrogen-bond acceptors (Lipinski definition) is 4. The van der Waals surface area contributed by atoms with Gasteiger partial charge in [0.1, 0.15) is 5.60 Å². The summed E-state index contributed by atoms with van der Waals surface area (Å²) in [4.78, 5) is 12.8. The summed E-state index contributed by atoms with van der Waals surface area (Å²) in [5.74, 6) is 2.24. The number of fused-ring (bicyclic) bond motifs is 1. The monoisotopic (exact) mass is 396 g/mol. The first-order valence-electron chi connectivity index (χ1n) is 11.2. The summed E-state index contributed by atoms with van der Waals surface area (Å²) in [5.41, 5.74) is 2.53. The van der Waals surface area contributed by atoms with Crippen LogP contribution in [0.25, 0.3) is 0 Å². The third kappa shape index (κ3) is 2.74. The van der Waals surface area contributed by atoms with Gasteiger partial charge in [-0.3, -0.25) is 0 Å². The summed E-state index contributed by atoms with van der Waals surface area (Å²) >= 11 is 0. The number of allylic oxidation sites excluding steroid dienone is 1. The summed E-state index contributed by atoms with van der Waals surface area (Å²) in [7, 11) is 0.